The first-order valence-electron chi connectivity index (χ1n) is 5.49. The lowest BCUT2D eigenvalue weighted by molar-refractivity contribution is -0.384. The maximum Gasteiger partial charge on any atom is 0.329 e. The number of nitrogens with zero attached hydrogens (tertiary/aromatic N) is 4. The number of methoxy groups -OCH3 is 2. The first-order chi connectivity index (χ1) is 10.0. The van der Waals surface area contributed by atoms with Crippen LogP contribution in [0.1, 0.15) is 0 Å². The van der Waals surface area contributed by atoms with E-state index in [4.69, 9.17) is 25.8 Å². The Morgan fingerprint density at radius 3 is 2.43 bits per heavy atom. The minimum absolute atomic E-state index is 0.0469. The molecule has 0 spiro atoms. The molecule has 110 valence electrons. The number of benzene rings is 1. The molecule has 9 nitrogen and oxygen atoms in total. The Morgan fingerprint density at radius 1 is 1.10 bits per heavy atom. The van der Waals surface area contributed by atoms with E-state index >= 15 is 0 Å². The first kappa shape index (κ1) is 14.7. The van der Waals surface area contributed by atoms with Gasteiger partial charge in [0.05, 0.1) is 25.2 Å². The molecule has 0 amide bonds. The minimum Gasteiger partial charge on any atom is -0.493 e. The molecule has 0 unspecified atom stereocenters. The predicted molar refractivity (Wildman–Crippen MR) is 71.1 cm³/mol. The minimum atomic E-state index is -0.562. The van der Waals surface area contributed by atoms with Gasteiger partial charge in [-0.25, -0.2) is 0 Å². The van der Waals surface area contributed by atoms with Crippen molar-refractivity contribution in [1.29, 1.82) is 0 Å². The average molecular weight is 313 g/mol. The van der Waals surface area contributed by atoms with Crippen molar-refractivity contribution in [2.75, 3.05) is 14.2 Å². The van der Waals surface area contributed by atoms with Crippen molar-refractivity contribution >= 4 is 17.3 Å². The van der Waals surface area contributed by atoms with Gasteiger partial charge in [-0.1, -0.05) is 0 Å². The second-order valence-corrected chi connectivity index (χ2v) is 3.91. The summed E-state index contributed by atoms with van der Waals surface area (Å²) in [6.45, 7) is 0. The third kappa shape index (κ3) is 3.45. The molecule has 0 bridgehead atoms. The zero-order chi connectivity index (χ0) is 15.4. The zero-order valence-corrected chi connectivity index (χ0v) is 11.7. The predicted octanol–water partition coefficient (Wildman–Crippen LogP) is 2.24. The molecule has 1 heterocycles. The molecule has 0 atom stereocenters. The van der Waals surface area contributed by atoms with Crippen LogP contribution in [-0.2, 0) is 0 Å². The molecule has 0 aliphatic carbocycles. The second-order valence-electron chi connectivity index (χ2n) is 3.57. The Balaban J connectivity index is 2.40. The molecule has 1 aromatic carbocycles. The maximum absolute atomic E-state index is 10.8. The maximum atomic E-state index is 10.8. The molecule has 2 aromatic rings. The first-order valence-corrected chi connectivity index (χ1v) is 5.87. The van der Waals surface area contributed by atoms with Gasteiger partial charge in [0.25, 0.3) is 5.69 Å². The summed E-state index contributed by atoms with van der Waals surface area (Å²) in [5.74, 6) is 0.340. The number of halogens is 1. The monoisotopic (exact) mass is 312 g/mol. The highest BCUT2D eigenvalue weighted by Gasteiger charge is 2.15. The van der Waals surface area contributed by atoms with Crippen molar-refractivity contribution in [2.45, 2.75) is 0 Å². The Kier molecular flexibility index (Phi) is 4.33. The van der Waals surface area contributed by atoms with Gasteiger partial charge >= 0.3 is 12.0 Å². The van der Waals surface area contributed by atoms with Gasteiger partial charge in [0.15, 0.2) is 11.5 Å². The summed E-state index contributed by atoms with van der Waals surface area (Å²) in [6.07, 6.45) is 0. The highest BCUT2D eigenvalue weighted by molar-refractivity contribution is 6.28. The topological polar surface area (TPSA) is 110 Å². The lowest BCUT2D eigenvalue weighted by Crippen LogP contribution is -2.00. The third-order valence-corrected chi connectivity index (χ3v) is 2.48. The number of aromatic nitrogens is 3. The molecule has 0 fully saturated rings. The van der Waals surface area contributed by atoms with E-state index in [-0.39, 0.29) is 34.5 Å². The average Bonchev–Trinajstić information content (AvgIpc) is 2.46. The van der Waals surface area contributed by atoms with Crippen molar-refractivity contribution in [3.05, 3.63) is 33.6 Å². The van der Waals surface area contributed by atoms with Gasteiger partial charge in [-0.05, 0) is 17.7 Å². The molecule has 0 saturated heterocycles. The Bertz CT molecular complexity index is 682. The second kappa shape index (κ2) is 6.18. The van der Waals surface area contributed by atoms with Crippen LogP contribution in [0.15, 0.2) is 18.2 Å². The summed E-state index contributed by atoms with van der Waals surface area (Å²) in [7, 11) is 2.75. The summed E-state index contributed by atoms with van der Waals surface area (Å²) >= 11 is 5.69. The van der Waals surface area contributed by atoms with Crippen LogP contribution in [-0.4, -0.2) is 34.1 Å². The molecule has 0 aliphatic heterocycles. The SMILES string of the molecule is COc1nc(Cl)nc(Oc2cc([N+](=O)[O-])ccc2OC)n1. The Hall–Kier alpha value is -2.68. The van der Waals surface area contributed by atoms with E-state index in [1.165, 1.54) is 32.4 Å². The van der Waals surface area contributed by atoms with Gasteiger partial charge in [-0.3, -0.25) is 10.1 Å². The van der Waals surface area contributed by atoms with Crippen LogP contribution >= 0.6 is 11.6 Å². The van der Waals surface area contributed by atoms with Crippen molar-refractivity contribution in [1.82, 2.24) is 15.0 Å². The number of nitro groups is 1. The smallest absolute Gasteiger partial charge is 0.329 e. The van der Waals surface area contributed by atoms with E-state index < -0.39 is 4.92 Å². The number of rotatable bonds is 5. The van der Waals surface area contributed by atoms with Crippen molar-refractivity contribution in [2.24, 2.45) is 0 Å². The molecular formula is C11H9ClN4O5. The highest BCUT2D eigenvalue weighted by Crippen LogP contribution is 2.34. The lowest BCUT2D eigenvalue weighted by atomic mass is 10.3. The molecule has 0 saturated carbocycles. The van der Waals surface area contributed by atoms with E-state index in [9.17, 15) is 10.1 Å². The fourth-order valence-electron chi connectivity index (χ4n) is 1.41. The molecule has 0 aliphatic rings. The molecule has 10 heteroatoms. The van der Waals surface area contributed by atoms with Crippen LogP contribution in [0.4, 0.5) is 5.69 Å². The van der Waals surface area contributed by atoms with E-state index in [0.717, 1.165) is 0 Å². The van der Waals surface area contributed by atoms with E-state index in [1.54, 1.807) is 0 Å². The van der Waals surface area contributed by atoms with Crippen molar-refractivity contribution in [3.63, 3.8) is 0 Å². The summed E-state index contributed by atoms with van der Waals surface area (Å²) in [5, 5.41) is 10.6. The normalized spacial score (nSPS) is 10.0. The van der Waals surface area contributed by atoms with E-state index in [0.29, 0.717) is 0 Å². The Morgan fingerprint density at radius 2 is 1.81 bits per heavy atom. The van der Waals surface area contributed by atoms with E-state index in [1.807, 2.05) is 0 Å². The highest BCUT2D eigenvalue weighted by atomic mass is 35.5. The zero-order valence-electron chi connectivity index (χ0n) is 10.9. The number of ether oxygens (including phenoxy) is 3. The van der Waals surface area contributed by atoms with Crippen LogP contribution in [0.3, 0.4) is 0 Å². The van der Waals surface area contributed by atoms with Gasteiger partial charge in [-0.2, -0.15) is 9.97 Å². The third-order valence-electron chi connectivity index (χ3n) is 2.31. The van der Waals surface area contributed by atoms with Gasteiger partial charge in [0.2, 0.25) is 5.28 Å². The van der Waals surface area contributed by atoms with Crippen LogP contribution in [0.2, 0.25) is 5.28 Å². The van der Waals surface area contributed by atoms with Crippen LogP contribution in [0.25, 0.3) is 0 Å². The van der Waals surface area contributed by atoms with E-state index in [2.05, 4.69) is 15.0 Å². The lowest BCUT2D eigenvalue weighted by Gasteiger charge is -2.09. The molecule has 2 rings (SSSR count). The largest absolute Gasteiger partial charge is 0.493 e. The van der Waals surface area contributed by atoms with Gasteiger partial charge in [-0.15, -0.1) is 4.98 Å². The summed E-state index contributed by atoms with van der Waals surface area (Å²) in [5.41, 5.74) is -0.169. The van der Waals surface area contributed by atoms with Crippen molar-refractivity contribution in [3.8, 4) is 23.5 Å². The van der Waals surface area contributed by atoms with Gasteiger partial charge in [0, 0.05) is 6.07 Å². The quantitative estimate of drug-likeness (QED) is 0.610. The standard InChI is InChI=1S/C11H9ClN4O5/c1-19-7-4-3-6(16(17)18)5-8(7)21-11-14-9(12)13-10(15-11)20-2/h3-5H,1-2H3. The summed E-state index contributed by atoms with van der Waals surface area (Å²) < 4.78 is 15.2. The molecular weight excluding hydrogens is 304 g/mol. The van der Waals surface area contributed by atoms with Crippen molar-refractivity contribution < 1.29 is 19.1 Å². The number of hydrogen-bond acceptors (Lipinski definition) is 8. The molecule has 21 heavy (non-hydrogen) atoms. The number of hydrogen-bond donors (Lipinski definition) is 0. The number of nitro benzene ring substituents is 1. The van der Waals surface area contributed by atoms with Crippen LogP contribution in [0, 0.1) is 10.1 Å². The fraction of sp³-hybridized carbons (Fsp3) is 0.182. The number of non-ortho nitro benzene ring substituents is 1. The fourth-order valence-corrected chi connectivity index (χ4v) is 1.55. The molecule has 0 radical (unpaired) electrons. The van der Waals surface area contributed by atoms with Crippen LogP contribution < -0.4 is 14.2 Å². The Labute approximate surface area is 123 Å². The van der Waals surface area contributed by atoms with Gasteiger partial charge in [0.1, 0.15) is 0 Å². The summed E-state index contributed by atoms with van der Waals surface area (Å²) in [4.78, 5) is 21.5. The van der Waals surface area contributed by atoms with Crippen LogP contribution in [0.5, 0.6) is 23.5 Å². The molecule has 0 N–H and O–H groups in total. The summed E-state index contributed by atoms with van der Waals surface area (Å²) in [6, 6.07) is 3.64. The molecule has 1 aromatic heterocycles. The van der Waals surface area contributed by atoms with Gasteiger partial charge < -0.3 is 14.2 Å².